The van der Waals surface area contributed by atoms with Crippen molar-refractivity contribution < 1.29 is 8.42 Å². The van der Waals surface area contributed by atoms with E-state index in [0.717, 1.165) is 12.8 Å². The zero-order valence-corrected chi connectivity index (χ0v) is 18.0. The number of halogens is 1. The summed E-state index contributed by atoms with van der Waals surface area (Å²) in [5.74, 6) is 0.835. The van der Waals surface area contributed by atoms with Crippen LogP contribution < -0.4 is 10.9 Å². The summed E-state index contributed by atoms with van der Waals surface area (Å²) in [7, 11) is -3.37. The van der Waals surface area contributed by atoms with Gasteiger partial charge < -0.3 is 5.32 Å². The molecule has 12 heteroatoms. The van der Waals surface area contributed by atoms with Crippen LogP contribution in [0.2, 0.25) is 5.28 Å². The first-order valence-corrected chi connectivity index (χ1v) is 11.6. The second-order valence-corrected chi connectivity index (χ2v) is 9.77. The first kappa shape index (κ1) is 20.6. The highest BCUT2D eigenvalue weighted by Gasteiger charge is 2.31. The smallest absolute Gasteiger partial charge is 0.295 e. The van der Waals surface area contributed by atoms with E-state index in [4.69, 9.17) is 11.6 Å². The molecule has 1 atom stereocenters. The molecular weight excluding hydrogens is 430 g/mol. The van der Waals surface area contributed by atoms with Crippen LogP contribution in [-0.2, 0) is 16.4 Å². The molecule has 1 N–H and O–H groups in total. The van der Waals surface area contributed by atoms with Crippen LogP contribution in [0.3, 0.4) is 0 Å². The molecule has 1 saturated carbocycles. The lowest BCUT2D eigenvalue weighted by atomic mass is 10.2. The molecule has 3 aromatic heterocycles. The van der Waals surface area contributed by atoms with E-state index >= 15 is 0 Å². The summed E-state index contributed by atoms with van der Waals surface area (Å²) in [4.78, 5) is 33.9. The molecule has 3 aromatic rings. The van der Waals surface area contributed by atoms with E-state index in [0.29, 0.717) is 22.9 Å². The zero-order valence-electron chi connectivity index (χ0n) is 16.4. The average molecular weight is 450 g/mol. The largest absolute Gasteiger partial charge is 0.358 e. The van der Waals surface area contributed by atoms with Crippen molar-refractivity contribution in [3.8, 4) is 0 Å². The van der Waals surface area contributed by atoms with Gasteiger partial charge >= 0.3 is 0 Å². The minimum absolute atomic E-state index is 0.0280. The second-order valence-electron chi connectivity index (χ2n) is 7.15. The van der Waals surface area contributed by atoms with Crippen molar-refractivity contribution in [1.29, 1.82) is 0 Å². The van der Waals surface area contributed by atoms with Crippen LogP contribution in [-0.4, -0.2) is 43.7 Å². The molecule has 0 radical (unpaired) electrons. The van der Waals surface area contributed by atoms with Crippen LogP contribution in [0.25, 0.3) is 11.2 Å². The summed E-state index contributed by atoms with van der Waals surface area (Å²) in [5, 5.41) is 3.01. The summed E-state index contributed by atoms with van der Waals surface area (Å²) in [6, 6.07) is -0.0516. The minimum Gasteiger partial charge on any atom is -0.358 e. The average Bonchev–Trinajstić information content (AvgIpc) is 3.58. The molecular formula is C18H20ClN7O3S. The summed E-state index contributed by atoms with van der Waals surface area (Å²) >= 11 is 5.94. The number of anilines is 1. The van der Waals surface area contributed by atoms with Crippen LogP contribution in [0.15, 0.2) is 28.3 Å². The van der Waals surface area contributed by atoms with Crippen molar-refractivity contribution >= 4 is 38.4 Å². The highest BCUT2D eigenvalue weighted by molar-refractivity contribution is 7.91. The van der Waals surface area contributed by atoms with Crippen molar-refractivity contribution in [3.63, 3.8) is 0 Å². The Morgan fingerprint density at radius 3 is 2.53 bits per heavy atom. The van der Waals surface area contributed by atoms with Crippen LogP contribution in [0.4, 0.5) is 5.82 Å². The highest BCUT2D eigenvalue weighted by Crippen LogP contribution is 2.39. The van der Waals surface area contributed by atoms with Gasteiger partial charge in [0.05, 0.1) is 18.5 Å². The molecule has 1 aliphatic rings. The van der Waals surface area contributed by atoms with Crippen LogP contribution in [0.1, 0.15) is 38.6 Å². The van der Waals surface area contributed by atoms with Gasteiger partial charge in [-0.2, -0.15) is 4.98 Å². The van der Waals surface area contributed by atoms with Gasteiger partial charge in [-0.3, -0.25) is 9.36 Å². The number of sulfone groups is 1. The van der Waals surface area contributed by atoms with E-state index < -0.39 is 9.84 Å². The lowest BCUT2D eigenvalue weighted by Crippen LogP contribution is -2.29. The van der Waals surface area contributed by atoms with Gasteiger partial charge in [-0.05, 0) is 37.3 Å². The maximum atomic E-state index is 13.1. The SMILES string of the molecule is CCS(=O)(=O)c1cnc(CNc2nc3cnc(Cl)nc3n([C@@H](C)C3CC3)c2=O)nc1. The van der Waals surface area contributed by atoms with Crippen molar-refractivity contribution in [3.05, 3.63) is 40.1 Å². The summed E-state index contributed by atoms with van der Waals surface area (Å²) < 4.78 is 25.4. The van der Waals surface area contributed by atoms with E-state index in [2.05, 4.69) is 30.2 Å². The Morgan fingerprint density at radius 2 is 1.90 bits per heavy atom. The van der Waals surface area contributed by atoms with Crippen LogP contribution in [0, 0.1) is 5.92 Å². The van der Waals surface area contributed by atoms with E-state index in [1.807, 2.05) is 6.92 Å². The minimum atomic E-state index is -3.37. The fourth-order valence-corrected chi connectivity index (χ4v) is 4.08. The third-order valence-electron chi connectivity index (χ3n) is 5.15. The lowest BCUT2D eigenvalue weighted by molar-refractivity contribution is 0.482. The molecule has 158 valence electrons. The Kier molecular flexibility index (Phi) is 5.41. The van der Waals surface area contributed by atoms with Gasteiger partial charge in [-0.1, -0.05) is 6.92 Å². The maximum Gasteiger partial charge on any atom is 0.295 e. The third kappa shape index (κ3) is 3.99. The number of rotatable bonds is 7. The Balaban J connectivity index is 1.65. The van der Waals surface area contributed by atoms with Crippen LogP contribution >= 0.6 is 11.6 Å². The number of fused-ring (bicyclic) bond motifs is 1. The van der Waals surface area contributed by atoms with Gasteiger partial charge in [0, 0.05) is 18.4 Å². The van der Waals surface area contributed by atoms with Crippen LogP contribution in [0.5, 0.6) is 0 Å². The number of nitrogens with zero attached hydrogens (tertiary/aromatic N) is 6. The number of hydrogen-bond donors (Lipinski definition) is 1. The van der Waals surface area contributed by atoms with Crippen molar-refractivity contribution in [1.82, 2.24) is 29.5 Å². The number of aromatic nitrogens is 6. The highest BCUT2D eigenvalue weighted by atomic mass is 35.5. The fraction of sp³-hybridized carbons (Fsp3) is 0.444. The molecule has 10 nitrogen and oxygen atoms in total. The normalized spacial score (nSPS) is 15.3. The van der Waals surface area contributed by atoms with Crippen molar-refractivity contribution in [2.45, 2.75) is 44.2 Å². The Hall–Kier alpha value is -2.66. The van der Waals surface area contributed by atoms with Gasteiger partial charge in [-0.25, -0.2) is 28.4 Å². The summed E-state index contributed by atoms with van der Waals surface area (Å²) in [6.07, 6.45) is 6.12. The molecule has 3 heterocycles. The molecule has 0 saturated heterocycles. The second kappa shape index (κ2) is 7.88. The molecule has 1 fully saturated rings. The van der Waals surface area contributed by atoms with E-state index in [9.17, 15) is 13.2 Å². The zero-order chi connectivity index (χ0) is 21.5. The quantitative estimate of drug-likeness (QED) is 0.537. The van der Waals surface area contributed by atoms with Gasteiger partial charge in [0.2, 0.25) is 5.28 Å². The first-order valence-electron chi connectivity index (χ1n) is 9.52. The molecule has 0 aromatic carbocycles. The van der Waals surface area contributed by atoms with Gasteiger partial charge in [-0.15, -0.1) is 0 Å². The Bertz CT molecular complexity index is 1260. The first-order chi connectivity index (χ1) is 14.3. The Morgan fingerprint density at radius 1 is 1.20 bits per heavy atom. The number of hydrogen-bond acceptors (Lipinski definition) is 9. The van der Waals surface area contributed by atoms with Gasteiger partial charge in [0.1, 0.15) is 16.2 Å². The summed E-state index contributed by atoms with van der Waals surface area (Å²) in [5.41, 5.74) is 0.525. The number of nitrogens with one attached hydrogen (secondary N) is 1. The predicted octanol–water partition coefficient (Wildman–Crippen LogP) is 2.01. The molecule has 0 bridgehead atoms. The standard InChI is InChI=1S/C18H20ClN7O3S/c1-3-30(28,29)12-6-20-14(21-7-12)9-22-15-17(27)26(10(2)11-4-5-11)16-13(24-15)8-23-18(19)25-16/h6-8,10-11H,3-5,9H2,1-2H3,(H,22,24)/t10-/m0/s1. The van der Waals surface area contributed by atoms with Crippen molar-refractivity contribution in [2.75, 3.05) is 11.1 Å². The molecule has 0 spiro atoms. The van der Waals surface area contributed by atoms with E-state index in [-0.39, 0.29) is 39.9 Å². The maximum absolute atomic E-state index is 13.1. The Labute approximate surface area is 177 Å². The fourth-order valence-electron chi connectivity index (χ4n) is 3.19. The molecule has 0 unspecified atom stereocenters. The molecule has 4 rings (SSSR count). The molecule has 1 aliphatic carbocycles. The molecule has 0 aliphatic heterocycles. The van der Waals surface area contributed by atoms with Gasteiger partial charge in [0.25, 0.3) is 5.56 Å². The summed E-state index contributed by atoms with van der Waals surface area (Å²) in [6.45, 7) is 3.64. The third-order valence-corrected chi connectivity index (χ3v) is 7.02. The molecule has 30 heavy (non-hydrogen) atoms. The molecule has 0 amide bonds. The monoisotopic (exact) mass is 449 g/mol. The lowest BCUT2D eigenvalue weighted by Gasteiger charge is -2.18. The van der Waals surface area contributed by atoms with Crippen molar-refractivity contribution in [2.24, 2.45) is 5.92 Å². The van der Waals surface area contributed by atoms with E-state index in [1.165, 1.54) is 18.6 Å². The van der Waals surface area contributed by atoms with E-state index in [1.54, 1.807) is 11.5 Å². The topological polar surface area (TPSA) is 133 Å². The predicted molar refractivity (Wildman–Crippen MR) is 111 cm³/mol. The van der Waals surface area contributed by atoms with Gasteiger partial charge in [0.15, 0.2) is 21.3 Å².